The van der Waals surface area contributed by atoms with Crippen molar-refractivity contribution in [3.63, 3.8) is 0 Å². The van der Waals surface area contributed by atoms with E-state index in [0.717, 1.165) is 51.6 Å². The van der Waals surface area contributed by atoms with Crippen molar-refractivity contribution in [1.82, 2.24) is 13.5 Å². The molecule has 3 saturated heterocycles. The lowest BCUT2D eigenvalue weighted by Gasteiger charge is -2.36. The summed E-state index contributed by atoms with van der Waals surface area (Å²) in [6.07, 6.45) is 4.97. The molecule has 0 radical (unpaired) electrons. The van der Waals surface area contributed by atoms with E-state index in [1.54, 1.807) is 6.07 Å². The Kier molecular flexibility index (Phi) is 8.82. The summed E-state index contributed by atoms with van der Waals surface area (Å²) in [5.74, 6) is 0. The van der Waals surface area contributed by atoms with Crippen LogP contribution >= 0.6 is 0 Å². The molecule has 2 aromatic rings. The number of hydrogen-bond donors (Lipinski definition) is 1. The molecule has 1 N–H and O–H groups in total. The van der Waals surface area contributed by atoms with Crippen LogP contribution in [0, 0.1) is 0 Å². The highest BCUT2D eigenvalue weighted by atomic mass is 32.2. The van der Waals surface area contributed by atoms with E-state index in [-0.39, 0.29) is 9.79 Å². The Morgan fingerprint density at radius 2 is 1.28 bits per heavy atom. The maximum atomic E-state index is 14.0. The van der Waals surface area contributed by atoms with Crippen molar-refractivity contribution >= 4 is 31.4 Å². The normalized spacial score (nSPS) is 20.1. The predicted octanol–water partition coefficient (Wildman–Crippen LogP) is 3.05. The van der Waals surface area contributed by atoms with Crippen LogP contribution in [0.15, 0.2) is 52.3 Å². The van der Waals surface area contributed by atoms with Gasteiger partial charge in [0.15, 0.2) is 0 Å². The molecule has 0 bridgehead atoms. The molecule has 9 nitrogen and oxygen atoms in total. The molecule has 3 aliphatic rings. The van der Waals surface area contributed by atoms with E-state index in [9.17, 15) is 16.8 Å². The van der Waals surface area contributed by atoms with E-state index < -0.39 is 20.0 Å². The minimum Gasteiger partial charge on any atom is -0.384 e. The minimum absolute atomic E-state index is 0.0692. The van der Waals surface area contributed by atoms with E-state index >= 15 is 0 Å². The molecule has 0 aliphatic carbocycles. The van der Waals surface area contributed by atoms with E-state index in [2.05, 4.69) is 34.3 Å². The molecule has 39 heavy (non-hydrogen) atoms. The molecule has 0 amide bonds. The zero-order valence-electron chi connectivity index (χ0n) is 22.9. The van der Waals surface area contributed by atoms with Gasteiger partial charge in [-0.05, 0) is 63.3 Å². The van der Waals surface area contributed by atoms with Gasteiger partial charge in [-0.2, -0.15) is 8.61 Å². The topological polar surface area (TPSA) is 93.3 Å². The van der Waals surface area contributed by atoms with Gasteiger partial charge in [0.05, 0.1) is 11.4 Å². The van der Waals surface area contributed by atoms with Gasteiger partial charge in [0.2, 0.25) is 20.0 Å². The molecule has 3 fully saturated rings. The molecule has 0 unspecified atom stereocenters. The summed E-state index contributed by atoms with van der Waals surface area (Å²) in [6, 6.07) is 13.5. The maximum Gasteiger partial charge on any atom is 0.245 e. The molecule has 11 heteroatoms. The molecule has 0 spiro atoms. The predicted molar refractivity (Wildman–Crippen MR) is 155 cm³/mol. The van der Waals surface area contributed by atoms with Crippen molar-refractivity contribution in [2.45, 2.75) is 48.3 Å². The number of rotatable bonds is 10. The minimum atomic E-state index is -3.86. The fourth-order valence-electron chi connectivity index (χ4n) is 5.70. The van der Waals surface area contributed by atoms with Gasteiger partial charge in [-0.1, -0.05) is 30.3 Å². The maximum absolute atomic E-state index is 14.0. The Morgan fingerprint density at radius 1 is 0.718 bits per heavy atom. The molecule has 3 aliphatic heterocycles. The van der Waals surface area contributed by atoms with Crippen LogP contribution in [0.2, 0.25) is 0 Å². The van der Waals surface area contributed by atoms with Gasteiger partial charge in [-0.25, -0.2) is 16.8 Å². The van der Waals surface area contributed by atoms with Crippen molar-refractivity contribution in [2.24, 2.45) is 0 Å². The summed E-state index contributed by atoms with van der Waals surface area (Å²) >= 11 is 0. The van der Waals surface area contributed by atoms with Crippen molar-refractivity contribution in [3.05, 3.63) is 48.0 Å². The molecule has 0 aromatic heterocycles. The fraction of sp³-hybridized carbons (Fsp3) is 0.571. The van der Waals surface area contributed by atoms with Gasteiger partial charge in [0.25, 0.3) is 0 Å². The second-order valence-electron chi connectivity index (χ2n) is 10.8. The van der Waals surface area contributed by atoms with Gasteiger partial charge in [-0.15, -0.1) is 0 Å². The van der Waals surface area contributed by atoms with E-state index in [1.165, 1.54) is 20.2 Å². The van der Waals surface area contributed by atoms with Crippen LogP contribution in [0.4, 0.5) is 11.4 Å². The number of likely N-dealkylation sites (N-methyl/N-ethyl adjacent to an activating group) is 1. The van der Waals surface area contributed by atoms with Crippen LogP contribution in [0.5, 0.6) is 0 Å². The van der Waals surface area contributed by atoms with Gasteiger partial charge >= 0.3 is 0 Å². The molecule has 0 atom stereocenters. The summed E-state index contributed by atoms with van der Waals surface area (Å²) in [6.45, 7) is 5.45. The number of sulfonamides is 2. The average Bonchev–Trinajstić information content (AvgIpc) is 3.68. The van der Waals surface area contributed by atoms with Crippen LogP contribution in [0.1, 0.15) is 37.7 Å². The molecule has 5 rings (SSSR count). The number of nitrogens with zero attached hydrogens (tertiary/aromatic N) is 4. The third-order valence-corrected chi connectivity index (χ3v) is 11.9. The Hall–Kier alpha value is -2.18. The van der Waals surface area contributed by atoms with Crippen LogP contribution < -0.4 is 10.2 Å². The summed E-state index contributed by atoms with van der Waals surface area (Å²) in [4.78, 5) is 4.51. The molecule has 0 saturated carbocycles. The third kappa shape index (κ3) is 6.27. The molecule has 2 aromatic carbocycles. The Balaban J connectivity index is 1.54. The molecular formula is C28H41N5O4S2. The van der Waals surface area contributed by atoms with E-state index in [4.69, 9.17) is 0 Å². The highest BCUT2D eigenvalue weighted by molar-refractivity contribution is 7.90. The molecule has 214 valence electrons. The lowest BCUT2D eigenvalue weighted by Crippen LogP contribution is -2.45. The summed E-state index contributed by atoms with van der Waals surface area (Å²) in [7, 11) is -5.65. The van der Waals surface area contributed by atoms with Crippen LogP contribution in [0.25, 0.3) is 0 Å². The lowest BCUT2D eigenvalue weighted by atomic mass is 10.1. The third-order valence-electron chi connectivity index (χ3n) is 8.07. The lowest BCUT2D eigenvalue weighted by molar-refractivity contribution is 0.312. The summed E-state index contributed by atoms with van der Waals surface area (Å²) in [5, 5.41) is 3.40. The first-order chi connectivity index (χ1) is 18.8. The Bertz CT molecular complexity index is 1330. The van der Waals surface area contributed by atoms with Crippen LogP contribution in [-0.4, -0.2) is 96.3 Å². The highest BCUT2D eigenvalue weighted by Crippen LogP contribution is 2.38. The van der Waals surface area contributed by atoms with Crippen molar-refractivity contribution in [3.8, 4) is 0 Å². The second kappa shape index (κ2) is 12.1. The first-order valence-electron chi connectivity index (χ1n) is 14.2. The number of aryl methyl sites for hydroxylation is 1. The molecular weight excluding hydrogens is 534 g/mol. The number of anilines is 2. The SMILES string of the molecule is CN1CCN(c2cc(NCCCc3ccccc3)c(S(=O)(=O)N3CCCC3)cc2S(=O)(=O)N2CCCC2)CC1. The van der Waals surface area contributed by atoms with Gasteiger partial charge in [-0.3, -0.25) is 0 Å². The number of hydrogen-bond acceptors (Lipinski definition) is 7. The van der Waals surface area contributed by atoms with Gasteiger partial charge in [0.1, 0.15) is 9.79 Å². The van der Waals surface area contributed by atoms with Crippen molar-refractivity contribution in [1.29, 1.82) is 0 Å². The van der Waals surface area contributed by atoms with Crippen molar-refractivity contribution < 1.29 is 16.8 Å². The number of benzene rings is 2. The smallest absolute Gasteiger partial charge is 0.245 e. The standard InChI is InChI=1S/C28H41N5O4S2/c1-30-18-20-31(21-19-30)26-22-25(29-13-9-12-24-10-3-2-4-11-24)27(38(34,35)32-14-5-6-15-32)23-28(26)39(36,37)33-16-7-8-17-33/h2-4,10-11,22-23,29H,5-9,12-21H2,1H3. The quantitative estimate of drug-likeness (QED) is 0.436. The first-order valence-corrected chi connectivity index (χ1v) is 17.0. The zero-order chi connectivity index (χ0) is 27.5. The van der Waals surface area contributed by atoms with E-state index in [0.29, 0.717) is 57.2 Å². The molecule has 3 heterocycles. The fourth-order valence-corrected chi connectivity index (χ4v) is 9.20. The largest absolute Gasteiger partial charge is 0.384 e. The van der Waals surface area contributed by atoms with E-state index in [1.807, 2.05) is 18.2 Å². The highest BCUT2D eigenvalue weighted by Gasteiger charge is 2.36. The van der Waals surface area contributed by atoms with Crippen LogP contribution in [-0.2, 0) is 26.5 Å². The Morgan fingerprint density at radius 3 is 1.87 bits per heavy atom. The van der Waals surface area contributed by atoms with Gasteiger partial charge in [0, 0.05) is 58.9 Å². The number of piperazine rings is 1. The Labute approximate surface area is 233 Å². The summed E-state index contributed by atoms with van der Waals surface area (Å²) < 4.78 is 58.7. The first kappa shape index (κ1) is 28.4. The monoisotopic (exact) mass is 575 g/mol. The summed E-state index contributed by atoms with van der Waals surface area (Å²) in [5.41, 5.74) is 2.32. The zero-order valence-corrected chi connectivity index (χ0v) is 24.5. The van der Waals surface area contributed by atoms with Crippen LogP contribution in [0.3, 0.4) is 0 Å². The number of nitrogens with one attached hydrogen (secondary N) is 1. The average molecular weight is 576 g/mol. The second-order valence-corrected chi connectivity index (χ2v) is 14.7. The van der Waals surface area contributed by atoms with Gasteiger partial charge < -0.3 is 15.1 Å². The van der Waals surface area contributed by atoms with Crippen molar-refractivity contribution in [2.75, 3.05) is 76.2 Å².